The number of ether oxygens (including phenoxy) is 2. The van der Waals surface area contributed by atoms with Gasteiger partial charge in [-0.3, -0.25) is 9.58 Å². The molecule has 0 unspecified atom stereocenters. The molecular formula is C14H23N3O2. The number of hydrogen-bond acceptors (Lipinski definition) is 4. The first-order valence-corrected chi connectivity index (χ1v) is 7.09. The molecule has 19 heavy (non-hydrogen) atoms. The van der Waals surface area contributed by atoms with Gasteiger partial charge in [0.05, 0.1) is 11.8 Å². The van der Waals surface area contributed by atoms with E-state index >= 15 is 0 Å². The van der Waals surface area contributed by atoms with E-state index in [9.17, 15) is 0 Å². The predicted octanol–water partition coefficient (Wildman–Crippen LogP) is 1.19. The number of piperidine rings is 1. The van der Waals surface area contributed by atoms with Crippen molar-refractivity contribution in [2.24, 2.45) is 7.05 Å². The van der Waals surface area contributed by atoms with Crippen LogP contribution in [0.2, 0.25) is 0 Å². The second-order valence-corrected chi connectivity index (χ2v) is 5.72. The van der Waals surface area contributed by atoms with Gasteiger partial charge in [0.25, 0.3) is 0 Å². The Kier molecular flexibility index (Phi) is 3.60. The zero-order chi connectivity index (χ0) is 13.3. The number of hydrogen-bond donors (Lipinski definition) is 0. The van der Waals surface area contributed by atoms with Crippen molar-refractivity contribution in [3.05, 3.63) is 18.0 Å². The van der Waals surface area contributed by atoms with Crippen molar-refractivity contribution < 1.29 is 9.47 Å². The van der Waals surface area contributed by atoms with E-state index in [0.29, 0.717) is 0 Å². The summed E-state index contributed by atoms with van der Waals surface area (Å²) < 4.78 is 13.6. The van der Waals surface area contributed by atoms with E-state index in [0.717, 1.165) is 51.2 Å². The van der Waals surface area contributed by atoms with Gasteiger partial charge in [-0.1, -0.05) is 0 Å². The van der Waals surface area contributed by atoms with Gasteiger partial charge in [0, 0.05) is 46.6 Å². The molecule has 0 bridgehead atoms. The average Bonchev–Trinajstić information content (AvgIpc) is 3.00. The Bertz CT molecular complexity index is 426. The zero-order valence-corrected chi connectivity index (χ0v) is 11.8. The van der Waals surface area contributed by atoms with Gasteiger partial charge >= 0.3 is 0 Å². The molecule has 2 saturated heterocycles. The van der Waals surface area contributed by atoms with Gasteiger partial charge in [-0.15, -0.1) is 0 Å². The molecule has 2 atom stereocenters. The zero-order valence-electron chi connectivity index (χ0n) is 11.8. The Balaban J connectivity index is 1.68. The second kappa shape index (κ2) is 5.23. The van der Waals surface area contributed by atoms with Crippen LogP contribution in [0.3, 0.4) is 0 Å². The molecule has 1 aromatic heterocycles. The summed E-state index contributed by atoms with van der Waals surface area (Å²) >= 11 is 0. The first-order valence-electron chi connectivity index (χ1n) is 7.09. The Hall–Kier alpha value is -0.910. The van der Waals surface area contributed by atoms with Crippen LogP contribution in [0.25, 0.3) is 0 Å². The summed E-state index contributed by atoms with van der Waals surface area (Å²) in [7, 11) is 3.77. The molecule has 0 aliphatic carbocycles. The van der Waals surface area contributed by atoms with E-state index in [1.807, 2.05) is 25.0 Å². The topological polar surface area (TPSA) is 39.5 Å². The maximum atomic E-state index is 6.07. The molecular weight excluding hydrogens is 242 g/mol. The lowest BCUT2D eigenvalue weighted by molar-refractivity contribution is -0.145. The van der Waals surface area contributed by atoms with Gasteiger partial charge in [0.2, 0.25) is 0 Å². The van der Waals surface area contributed by atoms with E-state index in [1.165, 1.54) is 0 Å². The van der Waals surface area contributed by atoms with Crippen LogP contribution in [0.4, 0.5) is 0 Å². The van der Waals surface area contributed by atoms with E-state index in [2.05, 4.69) is 16.1 Å². The van der Waals surface area contributed by atoms with Crippen LogP contribution in [-0.2, 0) is 23.1 Å². The smallest absolute Gasteiger partial charge is 0.107 e. The quantitative estimate of drug-likeness (QED) is 0.823. The summed E-state index contributed by atoms with van der Waals surface area (Å²) in [5.74, 6) is 0. The van der Waals surface area contributed by atoms with Crippen molar-refractivity contribution in [3.8, 4) is 0 Å². The summed E-state index contributed by atoms with van der Waals surface area (Å²) in [6.45, 7) is 3.79. The van der Waals surface area contributed by atoms with Crippen LogP contribution < -0.4 is 0 Å². The predicted molar refractivity (Wildman–Crippen MR) is 71.8 cm³/mol. The van der Waals surface area contributed by atoms with Gasteiger partial charge in [-0.25, -0.2) is 0 Å². The Labute approximate surface area is 114 Å². The van der Waals surface area contributed by atoms with Crippen molar-refractivity contribution >= 4 is 0 Å². The summed E-state index contributed by atoms with van der Waals surface area (Å²) in [5, 5.41) is 4.46. The molecule has 5 heteroatoms. The van der Waals surface area contributed by atoms with Crippen molar-refractivity contribution in [3.63, 3.8) is 0 Å². The van der Waals surface area contributed by atoms with Gasteiger partial charge in [-0.05, 0) is 25.3 Å². The first kappa shape index (κ1) is 13.1. The Morgan fingerprint density at radius 2 is 2.47 bits per heavy atom. The highest BCUT2D eigenvalue weighted by molar-refractivity contribution is 5.03. The summed E-state index contributed by atoms with van der Waals surface area (Å²) in [5.41, 5.74) is 1.05. The summed E-state index contributed by atoms with van der Waals surface area (Å²) in [6.07, 6.45) is 5.55. The van der Waals surface area contributed by atoms with Crippen LogP contribution in [0, 0.1) is 0 Å². The lowest BCUT2D eigenvalue weighted by Gasteiger charge is -2.44. The summed E-state index contributed by atoms with van der Waals surface area (Å²) in [4.78, 5) is 2.45. The first-order chi connectivity index (χ1) is 9.22. The number of likely N-dealkylation sites (tertiary alicyclic amines) is 1. The molecule has 5 nitrogen and oxygen atoms in total. The fourth-order valence-corrected chi connectivity index (χ4v) is 3.46. The minimum Gasteiger partial charge on any atom is -0.378 e. The van der Waals surface area contributed by atoms with E-state index in [1.54, 1.807) is 0 Å². The maximum Gasteiger partial charge on any atom is 0.107 e. The number of methoxy groups -OCH3 is 1. The molecule has 3 heterocycles. The second-order valence-electron chi connectivity index (χ2n) is 5.72. The summed E-state index contributed by atoms with van der Waals surface area (Å²) in [6, 6.07) is 2.09. The highest BCUT2D eigenvalue weighted by Crippen LogP contribution is 2.36. The minimum absolute atomic E-state index is 0.0816. The standard InChI is InChI=1S/C14H23N3O2/c1-16-7-4-12(15-16)10-17-8-5-13(18-2)14(11-17)6-3-9-19-14/h4,7,13H,3,5-6,8-11H2,1-2H3/t13-,14-/m0/s1. The maximum absolute atomic E-state index is 6.07. The van der Waals surface area contributed by atoms with E-state index in [-0.39, 0.29) is 11.7 Å². The van der Waals surface area contributed by atoms with Crippen LogP contribution in [-0.4, -0.2) is 53.2 Å². The molecule has 1 aromatic rings. The Morgan fingerprint density at radius 1 is 1.58 bits per heavy atom. The average molecular weight is 265 g/mol. The van der Waals surface area contributed by atoms with Gasteiger partial charge in [-0.2, -0.15) is 5.10 Å². The van der Waals surface area contributed by atoms with Crippen molar-refractivity contribution in [2.75, 3.05) is 26.8 Å². The highest BCUT2D eigenvalue weighted by Gasteiger charge is 2.47. The molecule has 2 aliphatic rings. The molecule has 1 spiro atoms. The lowest BCUT2D eigenvalue weighted by Crippen LogP contribution is -2.56. The molecule has 2 aliphatic heterocycles. The monoisotopic (exact) mass is 265 g/mol. The number of rotatable bonds is 3. The third-order valence-electron chi connectivity index (χ3n) is 4.36. The molecule has 0 aromatic carbocycles. The molecule has 3 rings (SSSR count). The van der Waals surface area contributed by atoms with Gasteiger partial charge in [0.1, 0.15) is 5.60 Å². The van der Waals surface area contributed by atoms with E-state index in [4.69, 9.17) is 9.47 Å². The van der Waals surface area contributed by atoms with Crippen LogP contribution in [0.1, 0.15) is 25.0 Å². The molecule has 0 N–H and O–H groups in total. The van der Waals surface area contributed by atoms with Crippen LogP contribution >= 0.6 is 0 Å². The van der Waals surface area contributed by atoms with Gasteiger partial charge in [0.15, 0.2) is 0 Å². The fraction of sp³-hybridized carbons (Fsp3) is 0.786. The van der Waals surface area contributed by atoms with Crippen LogP contribution in [0.15, 0.2) is 12.3 Å². The third kappa shape index (κ3) is 2.55. The molecule has 2 fully saturated rings. The third-order valence-corrected chi connectivity index (χ3v) is 4.36. The lowest BCUT2D eigenvalue weighted by atomic mass is 9.87. The van der Waals surface area contributed by atoms with Crippen LogP contribution in [0.5, 0.6) is 0 Å². The normalized spacial score (nSPS) is 32.2. The Morgan fingerprint density at radius 3 is 3.11 bits per heavy atom. The van der Waals surface area contributed by atoms with Crippen molar-refractivity contribution in [1.82, 2.24) is 14.7 Å². The number of nitrogens with zero attached hydrogens (tertiary/aromatic N) is 3. The largest absolute Gasteiger partial charge is 0.378 e. The van der Waals surface area contributed by atoms with E-state index < -0.39 is 0 Å². The molecule has 0 saturated carbocycles. The molecule has 0 amide bonds. The highest BCUT2D eigenvalue weighted by atomic mass is 16.5. The van der Waals surface area contributed by atoms with Gasteiger partial charge < -0.3 is 9.47 Å². The van der Waals surface area contributed by atoms with Crippen molar-refractivity contribution in [2.45, 2.75) is 37.5 Å². The molecule has 106 valence electrons. The van der Waals surface area contributed by atoms with Crippen molar-refractivity contribution in [1.29, 1.82) is 0 Å². The number of aryl methyl sites for hydroxylation is 1. The molecule has 0 radical (unpaired) electrons. The number of aromatic nitrogens is 2. The SMILES string of the molecule is CO[C@H]1CCN(Cc2ccn(C)n2)C[C@@]12CCCO2. The minimum atomic E-state index is -0.0816. The fourth-order valence-electron chi connectivity index (χ4n) is 3.46.